The molecule has 1 aromatic carbocycles. The number of anilines is 1. The minimum absolute atomic E-state index is 0.0195. The minimum atomic E-state index is -0.388. The van der Waals surface area contributed by atoms with Gasteiger partial charge in [-0.2, -0.15) is 10.1 Å². The summed E-state index contributed by atoms with van der Waals surface area (Å²) in [7, 11) is 0. The van der Waals surface area contributed by atoms with Crippen LogP contribution in [0.4, 0.5) is 5.82 Å². The molecule has 0 aliphatic carbocycles. The Morgan fingerprint density at radius 2 is 2.03 bits per heavy atom. The number of benzene rings is 1. The molecule has 2 atom stereocenters. The Hall–Kier alpha value is -4.28. The molecular weight excluding hydrogens is 472 g/mol. The molecule has 1 aliphatic rings. The van der Waals surface area contributed by atoms with E-state index in [4.69, 9.17) is 4.52 Å². The first-order valence-corrected chi connectivity index (χ1v) is 12.3. The Labute approximate surface area is 214 Å². The van der Waals surface area contributed by atoms with Gasteiger partial charge in [0.05, 0.1) is 11.4 Å². The van der Waals surface area contributed by atoms with Crippen LogP contribution in [-0.2, 0) is 10.2 Å². The van der Waals surface area contributed by atoms with Crippen LogP contribution in [0.5, 0.6) is 0 Å². The normalized spacial score (nSPS) is 16.6. The summed E-state index contributed by atoms with van der Waals surface area (Å²) in [6, 6.07) is 9.82. The zero-order valence-electron chi connectivity index (χ0n) is 21.3. The number of likely N-dealkylation sites (tertiary alicyclic amines) is 1. The van der Waals surface area contributed by atoms with E-state index < -0.39 is 0 Å². The molecule has 1 fully saturated rings. The molecule has 11 nitrogen and oxygen atoms in total. The molecule has 192 valence electrons. The minimum Gasteiger partial charge on any atom is -0.363 e. The molecule has 0 radical (unpaired) electrons. The Morgan fingerprint density at radius 1 is 1.24 bits per heavy atom. The number of amides is 2. The first-order valence-electron chi connectivity index (χ1n) is 12.3. The van der Waals surface area contributed by atoms with Crippen molar-refractivity contribution in [3.8, 4) is 11.1 Å². The third-order valence-electron chi connectivity index (χ3n) is 6.51. The van der Waals surface area contributed by atoms with Crippen LogP contribution in [0, 0.1) is 0 Å². The van der Waals surface area contributed by atoms with E-state index in [9.17, 15) is 9.59 Å². The SMILES string of the molecule is CC(NC(=O)c1noc(C(C)(C)C)n1)c1ccc(-c2ccnc3[nH]nc(N[C@@H]4CCN(C=O)C4)c23)cc1. The molecule has 4 aromatic rings. The zero-order valence-corrected chi connectivity index (χ0v) is 21.3. The lowest BCUT2D eigenvalue weighted by atomic mass is 9.97. The lowest BCUT2D eigenvalue weighted by Gasteiger charge is -2.15. The molecule has 1 saturated heterocycles. The molecular formula is C26H30N8O3. The summed E-state index contributed by atoms with van der Waals surface area (Å²) < 4.78 is 5.24. The van der Waals surface area contributed by atoms with Crippen molar-refractivity contribution in [1.29, 1.82) is 0 Å². The number of carbonyl (C=O) groups excluding carboxylic acids is 2. The van der Waals surface area contributed by atoms with Gasteiger partial charge in [0.2, 0.25) is 12.3 Å². The lowest BCUT2D eigenvalue weighted by molar-refractivity contribution is -0.117. The molecule has 0 saturated carbocycles. The van der Waals surface area contributed by atoms with Crippen LogP contribution in [0.1, 0.15) is 62.2 Å². The Balaban J connectivity index is 1.33. The third kappa shape index (κ3) is 5.02. The van der Waals surface area contributed by atoms with Gasteiger partial charge in [-0.3, -0.25) is 14.7 Å². The van der Waals surface area contributed by atoms with Gasteiger partial charge in [0.15, 0.2) is 11.5 Å². The van der Waals surface area contributed by atoms with E-state index in [0.29, 0.717) is 18.1 Å². The van der Waals surface area contributed by atoms with Gasteiger partial charge < -0.3 is 20.1 Å². The number of nitrogens with zero attached hydrogens (tertiary/aromatic N) is 5. The standard InChI is InChI=1S/C26H30N8O3/c1-15(28-24(36)23-30-25(37-33-23)26(2,3)4)16-5-7-17(8-6-16)19-9-11-27-21-20(19)22(32-31-21)29-18-10-12-34(13-18)14-35/h5-9,11,14-15,18H,10,12-13H2,1-4H3,(H,28,36)(H2,27,29,31,32)/t15?,18-/m1/s1. The van der Waals surface area contributed by atoms with Crippen LogP contribution in [0.2, 0.25) is 0 Å². The van der Waals surface area contributed by atoms with Gasteiger partial charge in [-0.05, 0) is 36.1 Å². The second-order valence-corrected chi connectivity index (χ2v) is 10.4. The molecule has 3 aromatic heterocycles. The number of fused-ring (bicyclic) bond motifs is 1. The number of nitrogens with one attached hydrogen (secondary N) is 3. The summed E-state index contributed by atoms with van der Waals surface area (Å²) in [4.78, 5) is 34.1. The highest BCUT2D eigenvalue weighted by atomic mass is 16.5. The Kier molecular flexibility index (Phi) is 6.36. The second-order valence-electron chi connectivity index (χ2n) is 10.4. The summed E-state index contributed by atoms with van der Waals surface area (Å²) in [5.74, 6) is 0.766. The predicted molar refractivity (Wildman–Crippen MR) is 138 cm³/mol. The number of hydrogen-bond donors (Lipinski definition) is 3. The zero-order chi connectivity index (χ0) is 26.2. The fraction of sp³-hybridized carbons (Fsp3) is 0.385. The third-order valence-corrected chi connectivity index (χ3v) is 6.51. The highest BCUT2D eigenvalue weighted by Crippen LogP contribution is 2.33. The summed E-state index contributed by atoms with van der Waals surface area (Å²) in [6.45, 7) is 9.12. The molecule has 1 aliphatic heterocycles. The van der Waals surface area contributed by atoms with E-state index in [1.54, 1.807) is 11.1 Å². The number of aromatic nitrogens is 5. The number of rotatable bonds is 7. The first-order chi connectivity index (χ1) is 17.7. The van der Waals surface area contributed by atoms with Gasteiger partial charge in [-0.25, -0.2) is 4.98 Å². The van der Waals surface area contributed by atoms with E-state index in [0.717, 1.165) is 47.3 Å². The molecule has 5 rings (SSSR count). The topological polar surface area (TPSA) is 142 Å². The number of H-pyrrole nitrogens is 1. The molecule has 11 heteroatoms. The van der Waals surface area contributed by atoms with Crippen LogP contribution in [0.25, 0.3) is 22.2 Å². The van der Waals surface area contributed by atoms with Crippen molar-refractivity contribution < 1.29 is 14.1 Å². The fourth-order valence-corrected chi connectivity index (χ4v) is 4.41. The van der Waals surface area contributed by atoms with Crippen LogP contribution in [-0.4, -0.2) is 61.7 Å². The van der Waals surface area contributed by atoms with E-state index in [1.165, 1.54) is 0 Å². The van der Waals surface area contributed by atoms with Gasteiger partial charge in [0.1, 0.15) is 0 Å². The average molecular weight is 503 g/mol. The molecule has 4 heterocycles. The van der Waals surface area contributed by atoms with E-state index >= 15 is 0 Å². The van der Waals surface area contributed by atoms with Crippen molar-refractivity contribution in [2.75, 3.05) is 18.4 Å². The van der Waals surface area contributed by atoms with Gasteiger partial charge in [-0.1, -0.05) is 50.2 Å². The van der Waals surface area contributed by atoms with Crippen LogP contribution in [0.15, 0.2) is 41.1 Å². The number of carbonyl (C=O) groups is 2. The van der Waals surface area contributed by atoms with Gasteiger partial charge >= 0.3 is 0 Å². The molecule has 3 N–H and O–H groups in total. The highest BCUT2D eigenvalue weighted by molar-refractivity contribution is 6.00. The highest BCUT2D eigenvalue weighted by Gasteiger charge is 2.25. The van der Waals surface area contributed by atoms with Gasteiger partial charge in [0, 0.05) is 30.7 Å². The Bertz CT molecular complexity index is 1420. The quantitative estimate of drug-likeness (QED) is 0.326. The van der Waals surface area contributed by atoms with Crippen LogP contribution < -0.4 is 10.6 Å². The molecule has 2 amide bonds. The Morgan fingerprint density at radius 3 is 2.70 bits per heavy atom. The maximum Gasteiger partial charge on any atom is 0.293 e. The molecule has 1 unspecified atom stereocenters. The van der Waals surface area contributed by atoms with Crippen molar-refractivity contribution in [3.63, 3.8) is 0 Å². The molecule has 0 spiro atoms. The molecule has 0 bridgehead atoms. The summed E-state index contributed by atoms with van der Waals surface area (Å²) >= 11 is 0. The van der Waals surface area contributed by atoms with Crippen LogP contribution >= 0.6 is 0 Å². The fourth-order valence-electron chi connectivity index (χ4n) is 4.41. The van der Waals surface area contributed by atoms with Crippen molar-refractivity contribution in [1.82, 2.24) is 35.5 Å². The average Bonchev–Trinajstić information content (AvgIpc) is 3.64. The summed E-state index contributed by atoms with van der Waals surface area (Å²) in [6.07, 6.45) is 3.49. The number of pyridine rings is 1. The van der Waals surface area contributed by atoms with Crippen molar-refractivity contribution in [2.45, 2.75) is 51.6 Å². The van der Waals surface area contributed by atoms with Crippen molar-refractivity contribution in [2.24, 2.45) is 0 Å². The first kappa shape index (κ1) is 24.4. The van der Waals surface area contributed by atoms with Gasteiger partial charge in [0.25, 0.3) is 11.7 Å². The monoisotopic (exact) mass is 502 g/mol. The maximum absolute atomic E-state index is 12.7. The predicted octanol–water partition coefficient (Wildman–Crippen LogP) is 3.44. The maximum atomic E-state index is 12.7. The summed E-state index contributed by atoms with van der Waals surface area (Å²) in [5, 5.41) is 18.6. The lowest BCUT2D eigenvalue weighted by Crippen LogP contribution is -2.27. The number of hydrogen-bond acceptors (Lipinski definition) is 8. The van der Waals surface area contributed by atoms with Crippen molar-refractivity contribution >= 4 is 29.2 Å². The van der Waals surface area contributed by atoms with Gasteiger partial charge in [-0.15, -0.1) is 0 Å². The van der Waals surface area contributed by atoms with Crippen LogP contribution in [0.3, 0.4) is 0 Å². The second kappa shape index (κ2) is 9.64. The summed E-state index contributed by atoms with van der Waals surface area (Å²) in [5.41, 5.74) is 3.27. The largest absolute Gasteiger partial charge is 0.363 e. The van der Waals surface area contributed by atoms with Crippen molar-refractivity contribution in [3.05, 3.63) is 53.8 Å². The van der Waals surface area contributed by atoms with E-state index in [2.05, 4.69) is 36.0 Å². The smallest absolute Gasteiger partial charge is 0.293 e. The number of aromatic amines is 1. The van der Waals surface area contributed by atoms with E-state index in [1.807, 2.05) is 58.0 Å². The molecule has 37 heavy (non-hydrogen) atoms. The van der Waals surface area contributed by atoms with E-state index in [-0.39, 0.29) is 29.2 Å².